The molecule has 15 heavy (non-hydrogen) atoms. The molecule has 0 saturated carbocycles. The SMILES string of the molecule is Cc1ccsc1CNCc1ccn(C)c1. The van der Waals surface area contributed by atoms with Gasteiger partial charge in [0.05, 0.1) is 0 Å². The van der Waals surface area contributed by atoms with E-state index in [0.717, 1.165) is 13.1 Å². The fraction of sp³-hybridized carbons (Fsp3) is 0.333. The number of nitrogens with one attached hydrogen (secondary N) is 1. The van der Waals surface area contributed by atoms with Crippen LogP contribution >= 0.6 is 11.3 Å². The molecule has 1 N–H and O–H groups in total. The Bertz CT molecular complexity index is 428. The first-order chi connectivity index (χ1) is 7.25. The van der Waals surface area contributed by atoms with Crippen molar-refractivity contribution in [3.63, 3.8) is 0 Å². The molecule has 0 bridgehead atoms. The van der Waals surface area contributed by atoms with Gasteiger partial charge in [0.25, 0.3) is 0 Å². The van der Waals surface area contributed by atoms with Gasteiger partial charge in [-0.05, 0) is 35.6 Å². The Hall–Kier alpha value is -1.06. The lowest BCUT2D eigenvalue weighted by Crippen LogP contribution is -2.11. The summed E-state index contributed by atoms with van der Waals surface area (Å²) in [6, 6.07) is 4.32. The van der Waals surface area contributed by atoms with Crippen molar-refractivity contribution in [2.45, 2.75) is 20.0 Å². The highest BCUT2D eigenvalue weighted by Gasteiger charge is 1.99. The van der Waals surface area contributed by atoms with Gasteiger partial charge in [0.15, 0.2) is 0 Å². The van der Waals surface area contributed by atoms with E-state index in [4.69, 9.17) is 0 Å². The molecule has 80 valence electrons. The summed E-state index contributed by atoms with van der Waals surface area (Å²) in [4.78, 5) is 1.44. The minimum Gasteiger partial charge on any atom is -0.357 e. The molecule has 2 aromatic rings. The van der Waals surface area contributed by atoms with Crippen LogP contribution in [0.2, 0.25) is 0 Å². The topological polar surface area (TPSA) is 17.0 Å². The van der Waals surface area contributed by atoms with Crippen molar-refractivity contribution in [2.75, 3.05) is 0 Å². The molecular formula is C12H16N2S. The summed E-state index contributed by atoms with van der Waals surface area (Å²) in [6.07, 6.45) is 4.22. The quantitative estimate of drug-likeness (QED) is 0.838. The number of aromatic nitrogens is 1. The molecule has 0 aliphatic heterocycles. The van der Waals surface area contributed by atoms with Crippen LogP contribution in [0.4, 0.5) is 0 Å². The third-order valence-corrected chi connectivity index (χ3v) is 3.50. The molecule has 3 heteroatoms. The van der Waals surface area contributed by atoms with Crippen molar-refractivity contribution in [1.29, 1.82) is 0 Å². The third kappa shape index (κ3) is 2.70. The Balaban J connectivity index is 1.83. The molecule has 0 aliphatic carbocycles. The van der Waals surface area contributed by atoms with E-state index >= 15 is 0 Å². The summed E-state index contributed by atoms with van der Waals surface area (Å²) < 4.78 is 2.08. The number of hydrogen-bond donors (Lipinski definition) is 1. The monoisotopic (exact) mass is 220 g/mol. The first-order valence-corrected chi connectivity index (χ1v) is 5.98. The predicted octanol–water partition coefficient (Wildman–Crippen LogP) is 2.68. The number of aryl methyl sites for hydroxylation is 2. The summed E-state index contributed by atoms with van der Waals surface area (Å²) >= 11 is 1.82. The molecule has 2 heterocycles. The zero-order valence-corrected chi connectivity index (χ0v) is 9.97. The van der Waals surface area contributed by atoms with Crippen LogP contribution in [0.25, 0.3) is 0 Å². The van der Waals surface area contributed by atoms with E-state index in [2.05, 4.69) is 46.7 Å². The molecular weight excluding hydrogens is 204 g/mol. The Morgan fingerprint density at radius 2 is 2.20 bits per heavy atom. The van der Waals surface area contributed by atoms with Gasteiger partial charge in [-0.15, -0.1) is 11.3 Å². The van der Waals surface area contributed by atoms with E-state index in [9.17, 15) is 0 Å². The number of hydrogen-bond acceptors (Lipinski definition) is 2. The molecule has 0 aliphatic rings. The second-order valence-electron chi connectivity index (χ2n) is 3.82. The molecule has 0 spiro atoms. The van der Waals surface area contributed by atoms with E-state index in [1.54, 1.807) is 0 Å². The van der Waals surface area contributed by atoms with E-state index in [-0.39, 0.29) is 0 Å². The van der Waals surface area contributed by atoms with E-state index in [1.807, 2.05) is 18.4 Å². The van der Waals surface area contributed by atoms with E-state index in [0.29, 0.717) is 0 Å². The smallest absolute Gasteiger partial charge is 0.0305 e. The van der Waals surface area contributed by atoms with Crippen molar-refractivity contribution >= 4 is 11.3 Å². The molecule has 0 saturated heterocycles. The average molecular weight is 220 g/mol. The molecule has 0 fully saturated rings. The van der Waals surface area contributed by atoms with Gasteiger partial charge in [0.1, 0.15) is 0 Å². The predicted molar refractivity (Wildman–Crippen MR) is 65.0 cm³/mol. The van der Waals surface area contributed by atoms with Crippen LogP contribution in [0.5, 0.6) is 0 Å². The van der Waals surface area contributed by atoms with Crippen molar-refractivity contribution in [3.8, 4) is 0 Å². The summed E-state index contributed by atoms with van der Waals surface area (Å²) in [5.74, 6) is 0. The molecule has 2 nitrogen and oxygen atoms in total. The summed E-state index contributed by atoms with van der Waals surface area (Å²) in [6.45, 7) is 4.08. The lowest BCUT2D eigenvalue weighted by molar-refractivity contribution is 0.697. The van der Waals surface area contributed by atoms with Crippen LogP contribution in [0, 0.1) is 6.92 Å². The molecule has 0 amide bonds. The Morgan fingerprint density at radius 1 is 1.33 bits per heavy atom. The van der Waals surface area contributed by atoms with Gasteiger partial charge in [0.2, 0.25) is 0 Å². The van der Waals surface area contributed by atoms with Crippen molar-refractivity contribution in [3.05, 3.63) is 45.9 Å². The average Bonchev–Trinajstić information content (AvgIpc) is 2.77. The Labute approximate surface area is 94.6 Å². The van der Waals surface area contributed by atoms with Crippen molar-refractivity contribution in [1.82, 2.24) is 9.88 Å². The van der Waals surface area contributed by atoms with Crippen LogP contribution in [-0.4, -0.2) is 4.57 Å². The number of nitrogens with zero attached hydrogens (tertiary/aromatic N) is 1. The zero-order valence-electron chi connectivity index (χ0n) is 9.16. The van der Waals surface area contributed by atoms with Crippen LogP contribution in [0.3, 0.4) is 0 Å². The van der Waals surface area contributed by atoms with Crippen molar-refractivity contribution in [2.24, 2.45) is 7.05 Å². The molecule has 0 radical (unpaired) electrons. The van der Waals surface area contributed by atoms with Crippen LogP contribution in [0.15, 0.2) is 29.9 Å². The van der Waals surface area contributed by atoms with Gasteiger partial charge < -0.3 is 9.88 Å². The minimum absolute atomic E-state index is 0.943. The van der Waals surface area contributed by atoms with Crippen LogP contribution in [-0.2, 0) is 20.1 Å². The highest BCUT2D eigenvalue weighted by atomic mass is 32.1. The van der Waals surface area contributed by atoms with E-state index < -0.39 is 0 Å². The minimum atomic E-state index is 0.943. The maximum absolute atomic E-state index is 3.46. The Morgan fingerprint density at radius 3 is 2.80 bits per heavy atom. The lowest BCUT2D eigenvalue weighted by atomic mass is 10.3. The first-order valence-electron chi connectivity index (χ1n) is 5.10. The van der Waals surface area contributed by atoms with Gasteiger partial charge in [0, 0.05) is 37.4 Å². The first kappa shape index (κ1) is 10.5. The number of thiophene rings is 1. The lowest BCUT2D eigenvalue weighted by Gasteiger charge is -2.02. The highest BCUT2D eigenvalue weighted by Crippen LogP contribution is 2.14. The van der Waals surface area contributed by atoms with Gasteiger partial charge >= 0.3 is 0 Å². The van der Waals surface area contributed by atoms with Gasteiger partial charge in [-0.25, -0.2) is 0 Å². The van der Waals surface area contributed by atoms with Crippen LogP contribution < -0.4 is 5.32 Å². The largest absolute Gasteiger partial charge is 0.357 e. The van der Waals surface area contributed by atoms with E-state index in [1.165, 1.54) is 16.0 Å². The summed E-state index contributed by atoms with van der Waals surface area (Å²) in [5.41, 5.74) is 2.73. The molecule has 2 aromatic heterocycles. The standard InChI is InChI=1S/C12H16N2S/c1-10-4-6-15-12(10)8-13-7-11-3-5-14(2)9-11/h3-6,9,13H,7-8H2,1-2H3. The van der Waals surface area contributed by atoms with Gasteiger partial charge in [-0.2, -0.15) is 0 Å². The second-order valence-corrected chi connectivity index (χ2v) is 4.82. The van der Waals surface area contributed by atoms with Gasteiger partial charge in [-0.1, -0.05) is 0 Å². The molecule has 0 atom stereocenters. The zero-order chi connectivity index (χ0) is 10.7. The maximum Gasteiger partial charge on any atom is 0.0305 e. The molecule has 0 aromatic carbocycles. The highest BCUT2D eigenvalue weighted by molar-refractivity contribution is 7.10. The maximum atomic E-state index is 3.46. The molecule has 0 unspecified atom stereocenters. The van der Waals surface area contributed by atoms with Crippen LogP contribution in [0.1, 0.15) is 16.0 Å². The normalized spacial score (nSPS) is 10.8. The fourth-order valence-electron chi connectivity index (χ4n) is 1.57. The Kier molecular flexibility index (Phi) is 3.23. The summed E-state index contributed by atoms with van der Waals surface area (Å²) in [5, 5.41) is 5.60. The molecule has 2 rings (SSSR count). The third-order valence-electron chi connectivity index (χ3n) is 2.48. The van der Waals surface area contributed by atoms with Crippen molar-refractivity contribution < 1.29 is 0 Å². The van der Waals surface area contributed by atoms with Gasteiger partial charge in [-0.3, -0.25) is 0 Å². The summed E-state index contributed by atoms with van der Waals surface area (Å²) in [7, 11) is 2.05. The fourth-order valence-corrected chi connectivity index (χ4v) is 2.45. The second kappa shape index (κ2) is 4.64. The number of rotatable bonds is 4.